The maximum absolute atomic E-state index is 12.9. The summed E-state index contributed by atoms with van der Waals surface area (Å²) in [6, 6.07) is 10.9. The monoisotopic (exact) mass is 592 g/mol. The van der Waals surface area contributed by atoms with Gasteiger partial charge in [-0.2, -0.15) is 0 Å². The summed E-state index contributed by atoms with van der Waals surface area (Å²) in [5.74, 6) is -0.195. The Balaban J connectivity index is 1.25. The first-order valence-corrected chi connectivity index (χ1v) is 13.2. The predicted octanol–water partition coefficient (Wildman–Crippen LogP) is -1.04. The highest BCUT2D eigenvalue weighted by molar-refractivity contribution is 6.00. The second-order valence-corrected chi connectivity index (χ2v) is 10.3. The SMILES string of the molecule is CC(=O)O[C@]1(CO)CO[C@@H](Oc2ccc3c(c2)OC(c2ccc(O[C@@H]4O[C@H](CO)[C@@H](O)[C@H](O)[C@H]4O)cc2)CC3=O)[C@@H]1O. The molecule has 2 fully saturated rings. The largest absolute Gasteiger partial charge is 0.484 e. The third-order valence-corrected chi connectivity index (χ3v) is 7.40. The van der Waals surface area contributed by atoms with E-state index in [1.807, 2.05) is 0 Å². The summed E-state index contributed by atoms with van der Waals surface area (Å²) in [5, 5.41) is 59.8. The van der Waals surface area contributed by atoms with Crippen molar-refractivity contribution < 1.29 is 68.6 Å². The minimum Gasteiger partial charge on any atom is -0.484 e. The zero-order chi connectivity index (χ0) is 30.2. The van der Waals surface area contributed by atoms with Gasteiger partial charge in [-0.3, -0.25) is 9.59 Å². The fourth-order valence-electron chi connectivity index (χ4n) is 5.05. The summed E-state index contributed by atoms with van der Waals surface area (Å²) >= 11 is 0. The smallest absolute Gasteiger partial charge is 0.303 e. The van der Waals surface area contributed by atoms with Gasteiger partial charge in [-0.05, 0) is 29.8 Å². The van der Waals surface area contributed by atoms with Crippen LogP contribution in [0.4, 0.5) is 0 Å². The Morgan fingerprint density at radius 2 is 1.64 bits per heavy atom. The summed E-state index contributed by atoms with van der Waals surface area (Å²) in [4.78, 5) is 24.3. The molecule has 3 aliphatic rings. The van der Waals surface area contributed by atoms with Crippen molar-refractivity contribution in [2.75, 3.05) is 19.8 Å². The van der Waals surface area contributed by atoms with Crippen molar-refractivity contribution in [3.8, 4) is 17.2 Å². The molecule has 0 saturated carbocycles. The van der Waals surface area contributed by atoms with Crippen LogP contribution in [-0.2, 0) is 19.0 Å². The molecule has 6 N–H and O–H groups in total. The molecular formula is C28H32O14. The molecule has 3 heterocycles. The highest BCUT2D eigenvalue weighted by atomic mass is 16.7. The van der Waals surface area contributed by atoms with Gasteiger partial charge >= 0.3 is 5.97 Å². The molecule has 0 radical (unpaired) electrons. The average molecular weight is 593 g/mol. The van der Waals surface area contributed by atoms with E-state index in [-0.39, 0.29) is 36.1 Å². The van der Waals surface area contributed by atoms with Crippen LogP contribution in [0.25, 0.3) is 0 Å². The van der Waals surface area contributed by atoms with Gasteiger partial charge in [0, 0.05) is 13.0 Å². The molecule has 9 atom stereocenters. The van der Waals surface area contributed by atoms with E-state index < -0.39 is 74.0 Å². The fraction of sp³-hybridized carbons (Fsp3) is 0.500. The molecule has 14 heteroatoms. The molecule has 0 spiro atoms. The van der Waals surface area contributed by atoms with Crippen molar-refractivity contribution >= 4 is 11.8 Å². The summed E-state index contributed by atoms with van der Waals surface area (Å²) < 4.78 is 33.3. The Kier molecular flexibility index (Phi) is 8.68. The first-order valence-electron chi connectivity index (χ1n) is 13.2. The molecule has 2 saturated heterocycles. The van der Waals surface area contributed by atoms with Crippen LogP contribution in [0.5, 0.6) is 17.2 Å². The Morgan fingerprint density at radius 3 is 2.31 bits per heavy atom. The number of carbonyl (C=O) groups is 2. The van der Waals surface area contributed by atoms with Crippen molar-refractivity contribution in [2.45, 2.75) is 68.1 Å². The topological polar surface area (TPSA) is 211 Å². The predicted molar refractivity (Wildman–Crippen MR) is 138 cm³/mol. The van der Waals surface area contributed by atoms with Crippen molar-refractivity contribution in [2.24, 2.45) is 0 Å². The minimum absolute atomic E-state index is 0.0476. The Hall–Kier alpha value is -3.34. The first kappa shape index (κ1) is 30.1. The van der Waals surface area contributed by atoms with E-state index in [1.54, 1.807) is 24.3 Å². The molecule has 228 valence electrons. The summed E-state index contributed by atoms with van der Waals surface area (Å²) in [7, 11) is 0. The summed E-state index contributed by atoms with van der Waals surface area (Å²) in [5.41, 5.74) is -0.704. The lowest BCUT2D eigenvalue weighted by Gasteiger charge is -2.39. The number of fused-ring (bicyclic) bond motifs is 1. The average Bonchev–Trinajstić information content (AvgIpc) is 3.27. The van der Waals surface area contributed by atoms with E-state index in [4.69, 9.17) is 28.4 Å². The van der Waals surface area contributed by atoms with E-state index in [0.717, 1.165) is 6.92 Å². The van der Waals surface area contributed by atoms with Gasteiger partial charge in [-0.15, -0.1) is 0 Å². The fourth-order valence-corrected chi connectivity index (χ4v) is 5.05. The Bertz CT molecular complexity index is 1280. The number of rotatable bonds is 8. The third-order valence-electron chi connectivity index (χ3n) is 7.40. The van der Waals surface area contributed by atoms with Crippen LogP contribution in [0, 0.1) is 0 Å². The van der Waals surface area contributed by atoms with Crippen LogP contribution in [0.2, 0.25) is 0 Å². The number of hydrogen-bond donors (Lipinski definition) is 6. The number of Topliss-reactive ketones (excluding diaryl/α,β-unsaturated/α-hetero) is 1. The molecule has 0 amide bonds. The lowest BCUT2D eigenvalue weighted by molar-refractivity contribution is -0.277. The molecule has 42 heavy (non-hydrogen) atoms. The van der Waals surface area contributed by atoms with Gasteiger partial charge in [0.05, 0.1) is 31.8 Å². The van der Waals surface area contributed by atoms with Gasteiger partial charge < -0.3 is 59.1 Å². The highest BCUT2D eigenvalue weighted by Crippen LogP contribution is 2.39. The third kappa shape index (κ3) is 5.80. The van der Waals surface area contributed by atoms with E-state index in [0.29, 0.717) is 11.1 Å². The van der Waals surface area contributed by atoms with Crippen molar-refractivity contribution in [1.82, 2.24) is 0 Å². The van der Waals surface area contributed by atoms with Gasteiger partial charge in [0.1, 0.15) is 47.8 Å². The molecule has 14 nitrogen and oxygen atoms in total. The van der Waals surface area contributed by atoms with Crippen molar-refractivity contribution in [3.63, 3.8) is 0 Å². The van der Waals surface area contributed by atoms with Gasteiger partial charge in [-0.1, -0.05) is 12.1 Å². The molecule has 5 rings (SSSR count). The van der Waals surface area contributed by atoms with Gasteiger partial charge in [-0.25, -0.2) is 0 Å². The quantitative estimate of drug-likeness (QED) is 0.202. The van der Waals surface area contributed by atoms with Crippen LogP contribution in [0.15, 0.2) is 42.5 Å². The second-order valence-electron chi connectivity index (χ2n) is 10.3. The second kappa shape index (κ2) is 12.1. The normalized spacial score (nSPS) is 34.3. The van der Waals surface area contributed by atoms with Crippen LogP contribution in [-0.4, -0.2) is 111 Å². The van der Waals surface area contributed by atoms with Crippen molar-refractivity contribution in [1.29, 1.82) is 0 Å². The van der Waals surface area contributed by atoms with E-state index >= 15 is 0 Å². The van der Waals surface area contributed by atoms with Gasteiger partial charge in [0.25, 0.3) is 0 Å². The minimum atomic E-state index is -1.67. The molecule has 0 aromatic heterocycles. The number of benzene rings is 2. The number of esters is 1. The van der Waals surface area contributed by atoms with E-state index in [9.17, 15) is 40.2 Å². The first-order chi connectivity index (χ1) is 20.0. The highest BCUT2D eigenvalue weighted by Gasteiger charge is 2.53. The molecule has 1 unspecified atom stereocenters. The lowest BCUT2D eigenvalue weighted by atomic mass is 9.96. The molecule has 2 aromatic carbocycles. The van der Waals surface area contributed by atoms with Crippen LogP contribution < -0.4 is 14.2 Å². The van der Waals surface area contributed by atoms with Crippen LogP contribution in [0.3, 0.4) is 0 Å². The molecule has 2 aromatic rings. The van der Waals surface area contributed by atoms with E-state index in [1.165, 1.54) is 18.2 Å². The number of ketones is 1. The molecule has 3 aliphatic heterocycles. The zero-order valence-electron chi connectivity index (χ0n) is 22.4. The zero-order valence-corrected chi connectivity index (χ0v) is 22.4. The van der Waals surface area contributed by atoms with Crippen molar-refractivity contribution in [3.05, 3.63) is 53.6 Å². The maximum Gasteiger partial charge on any atom is 0.303 e. The number of aliphatic hydroxyl groups is 6. The summed E-state index contributed by atoms with van der Waals surface area (Å²) in [6.07, 6.45) is -10.5. The summed E-state index contributed by atoms with van der Waals surface area (Å²) in [6.45, 7) is -0.402. The Labute approximate surface area is 239 Å². The van der Waals surface area contributed by atoms with Crippen LogP contribution in [0.1, 0.15) is 35.4 Å². The number of aliphatic hydroxyl groups excluding tert-OH is 6. The molecule has 0 bridgehead atoms. The standard InChI is InChI=1S/C28H32O14/c1-13(31)42-28(11-30)12-37-27(25(28)36)39-16-6-7-17-18(32)9-19(40-20(17)8-16)14-2-4-15(5-3-14)38-26-24(35)23(34)22(33)21(10-29)41-26/h2-8,19,21-27,29-30,33-36H,9-12H2,1H3/t19?,21-,22-,23+,24-,25+,26-,27+,28-/m1/s1. The lowest BCUT2D eigenvalue weighted by Crippen LogP contribution is -2.60. The number of hydrogen-bond acceptors (Lipinski definition) is 14. The van der Waals surface area contributed by atoms with Gasteiger partial charge in [0.2, 0.25) is 12.6 Å². The Morgan fingerprint density at radius 1 is 0.952 bits per heavy atom. The molecule has 0 aliphatic carbocycles. The molecular weight excluding hydrogens is 560 g/mol. The van der Waals surface area contributed by atoms with Gasteiger partial charge in [0.15, 0.2) is 17.5 Å². The number of ether oxygens (including phenoxy) is 6. The van der Waals surface area contributed by atoms with Crippen LogP contribution >= 0.6 is 0 Å². The van der Waals surface area contributed by atoms with E-state index in [2.05, 4.69) is 0 Å². The number of carbonyl (C=O) groups excluding carboxylic acids is 2. The maximum atomic E-state index is 12.9.